The van der Waals surface area contributed by atoms with Gasteiger partial charge in [0.05, 0.1) is 33.4 Å². The molecule has 27 aliphatic rings. The predicted molar refractivity (Wildman–Crippen MR) is 311 cm³/mol. The number of hydrogen-bond donors (Lipinski definition) is 9. The Morgan fingerprint density at radius 3 is 2.17 bits per heavy atom. The Hall–Kier alpha value is -10.7. The van der Waals surface area contributed by atoms with Gasteiger partial charge in [0.15, 0.2) is 5.60 Å². The minimum atomic E-state index is -2.30. The SMILES string of the molecule is O=C(O)C1=Cc2c3c4c5c6c(cc(C(=O)O)cc26)C(O)=C2C=C6C=C7C8=c9cc(C(=O)O)c%10c%11c9C9(O8)C7C7C8=C%12C%13c%14c(cc%15c%16c%14C8%14OC67C6C%14C4(OC256)C=%16C2(O)C(=CC(C(=O)O)=C1C32)C=%15)C=C1C(O)=c2ccc(C(=O)O)c3c2=C2C(C%11=C3CC=%10C(=O)O)C%129OC12%13. The summed E-state index contributed by atoms with van der Waals surface area (Å²) >= 11 is 0. The van der Waals surface area contributed by atoms with Crippen LogP contribution in [0.4, 0.5) is 0 Å². The van der Waals surface area contributed by atoms with Gasteiger partial charge >= 0.3 is 35.8 Å². The maximum atomic E-state index is 15.2. The van der Waals surface area contributed by atoms with Crippen molar-refractivity contribution in [3.8, 4) is 0 Å². The van der Waals surface area contributed by atoms with Gasteiger partial charge in [0.2, 0.25) is 0 Å². The summed E-state index contributed by atoms with van der Waals surface area (Å²) < 4.78 is 34.0. The number of hydrogen-bond acceptors (Lipinski definition) is 13. The molecular weight excluding hydrogens is 1190 g/mol. The van der Waals surface area contributed by atoms with Crippen LogP contribution in [0.3, 0.4) is 0 Å². The lowest BCUT2D eigenvalue weighted by Crippen LogP contribution is -2.75. The molecule has 440 valence electrons. The molecule has 2 saturated carbocycles. The fraction of sp³-hybridized carbons (Fsp3) is 0.216. The number of carboxylic acids is 6. The quantitative estimate of drug-likeness (QED) is 0.110. The Balaban J connectivity index is 0.931. The van der Waals surface area contributed by atoms with Crippen LogP contribution in [0.15, 0.2) is 110 Å². The van der Waals surface area contributed by atoms with Gasteiger partial charge in [-0.15, -0.1) is 0 Å². The number of rotatable bonds is 6. The van der Waals surface area contributed by atoms with Gasteiger partial charge in [-0.2, -0.15) is 0 Å². The summed E-state index contributed by atoms with van der Waals surface area (Å²) in [5, 5.41) is 114. The largest absolute Gasteiger partial charge is 0.507 e. The molecule has 19 heteroatoms. The highest BCUT2D eigenvalue weighted by Crippen LogP contribution is 2.97. The van der Waals surface area contributed by atoms with Gasteiger partial charge in [-0.3, -0.25) is 0 Å². The van der Waals surface area contributed by atoms with E-state index in [1.807, 2.05) is 24.3 Å². The van der Waals surface area contributed by atoms with Gasteiger partial charge in [-0.05, 0) is 166 Å². The number of fused-ring (bicyclic) bond motifs is 2. The van der Waals surface area contributed by atoms with Gasteiger partial charge in [-0.25, -0.2) is 28.8 Å². The second-order valence-electron chi connectivity index (χ2n) is 29.7. The van der Waals surface area contributed by atoms with Crippen molar-refractivity contribution in [1.29, 1.82) is 0 Å². The molecule has 9 N–H and O–H groups in total. The van der Waals surface area contributed by atoms with Crippen molar-refractivity contribution in [3.63, 3.8) is 0 Å². The van der Waals surface area contributed by atoms with Crippen LogP contribution in [0.1, 0.15) is 111 Å². The Kier molecular flexibility index (Phi) is 5.64. The number of carbonyl (C=O) groups is 6. The zero-order valence-electron chi connectivity index (χ0n) is 46.8. The monoisotopic (exact) mass is 1220 g/mol. The molecule has 8 aliphatic heterocycles. The van der Waals surface area contributed by atoms with Crippen LogP contribution in [0.5, 0.6) is 0 Å². The van der Waals surface area contributed by atoms with Crippen LogP contribution in [0.25, 0.3) is 74.1 Å². The number of aliphatic hydroxyl groups excluding tert-OH is 2. The van der Waals surface area contributed by atoms with Gasteiger partial charge < -0.3 is 64.9 Å². The fourth-order valence-corrected chi connectivity index (χ4v) is 26.9. The molecule has 5 aromatic carbocycles. The first kappa shape index (κ1) is 45.5. The number of benzene rings is 5. The molecule has 32 rings (SSSR count). The van der Waals surface area contributed by atoms with Gasteiger partial charge in [0, 0.05) is 125 Å². The highest BCUT2D eigenvalue weighted by atomic mass is 16.6. The number of ether oxygens (including phenoxy) is 4. The van der Waals surface area contributed by atoms with Crippen molar-refractivity contribution in [1.82, 2.24) is 0 Å². The van der Waals surface area contributed by atoms with Crippen molar-refractivity contribution in [2.75, 3.05) is 0 Å². The van der Waals surface area contributed by atoms with Crippen LogP contribution < -0.4 is 31.3 Å². The Bertz CT molecular complexity index is 6480. The molecule has 8 bridgehead atoms. The lowest BCUT2D eigenvalue weighted by atomic mass is 9.30. The Morgan fingerprint density at radius 2 is 1.40 bits per heavy atom. The average Bonchev–Trinajstić information content (AvgIpc) is 1.39. The molecule has 0 radical (unpaired) electrons. The summed E-state index contributed by atoms with van der Waals surface area (Å²) in [7, 11) is 0. The third kappa shape index (κ3) is 3.22. The minimum Gasteiger partial charge on any atom is -0.507 e. The molecule has 19 aliphatic carbocycles. The van der Waals surface area contributed by atoms with Crippen molar-refractivity contribution in [3.05, 3.63) is 220 Å². The van der Waals surface area contributed by atoms with Crippen molar-refractivity contribution < 1.29 is 93.7 Å². The van der Waals surface area contributed by atoms with Crippen LogP contribution >= 0.6 is 0 Å². The number of carboxylic acid groups (broad SMARTS) is 6. The maximum Gasteiger partial charge on any atom is 0.336 e. The summed E-state index contributed by atoms with van der Waals surface area (Å²) in [4.78, 5) is 84.0. The normalized spacial score (nSPS) is 40.1. The van der Waals surface area contributed by atoms with E-state index in [0.717, 1.165) is 16.7 Å². The standard InChI is InChI=1S/C74H30O19/c75-55-19-1-2-20(62(79)80)35-23-12-26(64(83)84)36-27(65(85)86)13-30-43-42(36)40(23)51-49(39(19)35)69-31(55)7-15-3-14-4-17-8-25(63(81)82)38-28(66(87)88)11-22-21-5-16(61(77)78)6-24-37(21)48-50-41(22)45(38)67(17,89)58-34(14)46-33(15)47(69)54-53-52-44-29(57(30)90-73(43,44)74(51,54)93-69)9-18-10-32(56(24)76)70(48)59-60(72(50,58)92-70)71(46,53)91-68(18,52)59/h1-11,13,44-45,47,51-52,59-60,75-76,89H,12H2,(H,77,78)(H,79,80)(H,81,82)(H,83,84)(H,85,86)(H,87,88). The molecule has 5 aromatic rings. The van der Waals surface area contributed by atoms with E-state index in [9.17, 15) is 69.6 Å². The van der Waals surface area contributed by atoms with E-state index in [-0.39, 0.29) is 84.2 Å². The van der Waals surface area contributed by atoms with E-state index in [1.165, 1.54) is 36.4 Å². The molecule has 8 fully saturated rings. The van der Waals surface area contributed by atoms with E-state index in [0.29, 0.717) is 121 Å². The number of allylic oxidation sites excluding steroid dienone is 1. The number of aromatic carboxylic acids is 3. The second-order valence-corrected chi connectivity index (χ2v) is 29.7. The average molecular weight is 1220 g/mol. The van der Waals surface area contributed by atoms with Gasteiger partial charge in [0.25, 0.3) is 0 Å². The third-order valence-electron chi connectivity index (χ3n) is 28.0. The first-order valence-corrected chi connectivity index (χ1v) is 31.1. The minimum absolute atomic E-state index is 0.00554. The van der Waals surface area contributed by atoms with Crippen LogP contribution in [-0.4, -0.2) is 104 Å². The van der Waals surface area contributed by atoms with E-state index in [4.69, 9.17) is 18.9 Å². The summed E-state index contributed by atoms with van der Waals surface area (Å²) in [6, 6.07) is 9.38. The summed E-state index contributed by atoms with van der Waals surface area (Å²) in [6.07, 6.45) is 10.0. The molecule has 8 heterocycles. The van der Waals surface area contributed by atoms with E-state index in [1.54, 1.807) is 12.1 Å². The lowest BCUT2D eigenvalue weighted by molar-refractivity contribution is -0.191. The summed E-state index contributed by atoms with van der Waals surface area (Å²) in [5.74, 6) is -14.9. The van der Waals surface area contributed by atoms with Crippen molar-refractivity contribution >= 4 is 110 Å². The Labute approximate surface area is 513 Å². The molecule has 19 nitrogen and oxygen atoms in total. The molecule has 15 atom stereocenters. The molecule has 0 amide bonds. The molecule has 6 saturated heterocycles. The van der Waals surface area contributed by atoms with Crippen LogP contribution in [0.2, 0.25) is 0 Å². The zero-order valence-corrected chi connectivity index (χ0v) is 46.8. The van der Waals surface area contributed by atoms with E-state index >= 15 is 5.11 Å². The first-order chi connectivity index (χ1) is 44.7. The number of aliphatic carboxylic acids is 3. The fourth-order valence-electron chi connectivity index (χ4n) is 26.9. The summed E-state index contributed by atoms with van der Waals surface area (Å²) in [6.45, 7) is 0. The topological polar surface area (TPSA) is 321 Å². The number of aliphatic hydroxyl groups is 3. The highest BCUT2D eigenvalue weighted by Gasteiger charge is 3.01. The molecular formula is C74H30O19. The highest BCUT2D eigenvalue weighted by molar-refractivity contribution is 6.23. The first-order valence-electron chi connectivity index (χ1n) is 31.1. The van der Waals surface area contributed by atoms with E-state index < -0.39 is 128 Å². The van der Waals surface area contributed by atoms with E-state index in [2.05, 4.69) is 0 Å². The molecule has 0 aromatic heterocycles. The molecule has 7 spiro atoms. The lowest BCUT2D eigenvalue weighted by Gasteiger charge is -2.68. The smallest absolute Gasteiger partial charge is 0.336 e. The predicted octanol–water partition coefficient (Wildman–Crippen LogP) is 2.66. The summed E-state index contributed by atoms with van der Waals surface area (Å²) in [5.41, 5.74) is -4.74. The maximum absolute atomic E-state index is 15.2. The molecule has 93 heavy (non-hydrogen) atoms. The Morgan fingerprint density at radius 1 is 0.570 bits per heavy atom. The zero-order chi connectivity index (χ0) is 61.6. The second kappa shape index (κ2) is 11.5. The third-order valence-corrected chi connectivity index (χ3v) is 28.0. The van der Waals surface area contributed by atoms with Crippen LogP contribution in [0, 0.1) is 29.6 Å². The van der Waals surface area contributed by atoms with Crippen molar-refractivity contribution in [2.24, 2.45) is 29.6 Å². The van der Waals surface area contributed by atoms with Crippen molar-refractivity contribution in [2.45, 2.75) is 63.1 Å². The molecule has 15 unspecified atom stereocenters. The van der Waals surface area contributed by atoms with Gasteiger partial charge in [0.1, 0.15) is 56.5 Å². The van der Waals surface area contributed by atoms with Gasteiger partial charge in [-0.1, -0.05) is 0 Å². The van der Waals surface area contributed by atoms with Crippen LogP contribution in [-0.2, 0) is 55.7 Å².